The van der Waals surface area contributed by atoms with Gasteiger partial charge in [0.15, 0.2) is 0 Å². The fraction of sp³-hybridized carbons (Fsp3) is 0.357. The molecule has 0 fully saturated rings. The summed E-state index contributed by atoms with van der Waals surface area (Å²) in [6.07, 6.45) is 4.02. The third kappa shape index (κ3) is 3.06. The first-order valence-corrected chi connectivity index (χ1v) is 6.25. The summed E-state index contributed by atoms with van der Waals surface area (Å²) in [5.41, 5.74) is 1.88. The van der Waals surface area contributed by atoms with Crippen molar-refractivity contribution in [2.75, 3.05) is 13.7 Å². The molecular weight excluding hydrogens is 242 g/mol. The van der Waals surface area contributed by atoms with Crippen molar-refractivity contribution in [1.29, 1.82) is 0 Å². The fourth-order valence-electron chi connectivity index (χ4n) is 1.90. The standard InChI is InChI=1S/C14H17N3O2/c1-3-10(9-19-2)17-14(18)11-5-4-6-12-13(11)16-8-7-15-12/h4-8,10H,3,9H2,1-2H3,(H,17,18). The quantitative estimate of drug-likeness (QED) is 0.889. The lowest BCUT2D eigenvalue weighted by Crippen LogP contribution is -2.37. The topological polar surface area (TPSA) is 64.1 Å². The molecule has 19 heavy (non-hydrogen) atoms. The number of rotatable bonds is 5. The predicted molar refractivity (Wildman–Crippen MR) is 73.0 cm³/mol. The lowest BCUT2D eigenvalue weighted by Gasteiger charge is -2.16. The number of aromatic nitrogens is 2. The number of carbonyl (C=O) groups excluding carboxylic acids is 1. The van der Waals surface area contributed by atoms with Gasteiger partial charge in [-0.25, -0.2) is 0 Å². The number of fused-ring (bicyclic) bond motifs is 1. The Hall–Kier alpha value is -2.01. The van der Waals surface area contributed by atoms with Gasteiger partial charge in [0.1, 0.15) is 5.52 Å². The summed E-state index contributed by atoms with van der Waals surface area (Å²) >= 11 is 0. The Morgan fingerprint density at radius 1 is 1.37 bits per heavy atom. The second-order valence-electron chi connectivity index (χ2n) is 4.26. The van der Waals surface area contributed by atoms with E-state index in [1.807, 2.05) is 19.1 Å². The Balaban J connectivity index is 2.26. The van der Waals surface area contributed by atoms with Crippen LogP contribution in [0.25, 0.3) is 11.0 Å². The molecule has 0 saturated carbocycles. The molecule has 1 unspecified atom stereocenters. The molecule has 0 radical (unpaired) electrons. The van der Waals surface area contributed by atoms with Crippen LogP contribution in [0.3, 0.4) is 0 Å². The maximum absolute atomic E-state index is 12.3. The summed E-state index contributed by atoms with van der Waals surface area (Å²) in [7, 11) is 1.62. The third-order valence-corrected chi connectivity index (χ3v) is 2.94. The minimum Gasteiger partial charge on any atom is -0.383 e. The molecule has 1 aromatic heterocycles. The van der Waals surface area contributed by atoms with Gasteiger partial charge in [-0.2, -0.15) is 0 Å². The van der Waals surface area contributed by atoms with Crippen molar-refractivity contribution < 1.29 is 9.53 Å². The highest BCUT2D eigenvalue weighted by atomic mass is 16.5. The number of nitrogens with one attached hydrogen (secondary N) is 1. The van der Waals surface area contributed by atoms with E-state index in [-0.39, 0.29) is 11.9 Å². The lowest BCUT2D eigenvalue weighted by molar-refractivity contribution is 0.0896. The molecule has 0 aliphatic rings. The van der Waals surface area contributed by atoms with E-state index in [2.05, 4.69) is 15.3 Å². The molecule has 2 aromatic rings. The molecule has 5 nitrogen and oxygen atoms in total. The van der Waals surface area contributed by atoms with Gasteiger partial charge in [-0.1, -0.05) is 13.0 Å². The molecule has 0 aliphatic heterocycles. The summed E-state index contributed by atoms with van der Waals surface area (Å²) in [4.78, 5) is 20.7. The van der Waals surface area contributed by atoms with Crippen molar-refractivity contribution in [2.24, 2.45) is 0 Å². The van der Waals surface area contributed by atoms with Crippen molar-refractivity contribution in [2.45, 2.75) is 19.4 Å². The molecule has 0 bridgehead atoms. The van der Waals surface area contributed by atoms with E-state index in [1.54, 1.807) is 25.6 Å². The summed E-state index contributed by atoms with van der Waals surface area (Å²) in [6.45, 7) is 2.51. The highest BCUT2D eigenvalue weighted by molar-refractivity contribution is 6.04. The number of ether oxygens (including phenoxy) is 1. The number of para-hydroxylation sites is 1. The summed E-state index contributed by atoms with van der Waals surface area (Å²) in [6, 6.07) is 5.41. The summed E-state index contributed by atoms with van der Waals surface area (Å²) in [5.74, 6) is -0.144. The van der Waals surface area contributed by atoms with Crippen LogP contribution in [0.4, 0.5) is 0 Å². The van der Waals surface area contributed by atoms with E-state index in [0.717, 1.165) is 11.9 Å². The van der Waals surface area contributed by atoms with Gasteiger partial charge in [0.25, 0.3) is 5.91 Å². The van der Waals surface area contributed by atoms with Crippen molar-refractivity contribution in [3.8, 4) is 0 Å². The van der Waals surface area contributed by atoms with Crippen LogP contribution in [0.5, 0.6) is 0 Å². The first-order valence-electron chi connectivity index (χ1n) is 6.25. The maximum Gasteiger partial charge on any atom is 0.253 e. The second kappa shape index (κ2) is 6.24. The first-order chi connectivity index (χ1) is 9.26. The van der Waals surface area contributed by atoms with Gasteiger partial charge in [0.05, 0.1) is 23.7 Å². The van der Waals surface area contributed by atoms with Crippen molar-refractivity contribution >= 4 is 16.9 Å². The second-order valence-corrected chi connectivity index (χ2v) is 4.26. The zero-order chi connectivity index (χ0) is 13.7. The van der Waals surface area contributed by atoms with Gasteiger partial charge >= 0.3 is 0 Å². The van der Waals surface area contributed by atoms with Crippen LogP contribution in [0.15, 0.2) is 30.6 Å². The Labute approximate surface area is 112 Å². The number of amides is 1. The largest absolute Gasteiger partial charge is 0.383 e. The van der Waals surface area contributed by atoms with Gasteiger partial charge in [-0.05, 0) is 18.6 Å². The van der Waals surface area contributed by atoms with E-state index in [1.165, 1.54) is 0 Å². The monoisotopic (exact) mass is 259 g/mol. The number of hydrogen-bond acceptors (Lipinski definition) is 4. The number of methoxy groups -OCH3 is 1. The molecular formula is C14H17N3O2. The van der Waals surface area contributed by atoms with E-state index in [4.69, 9.17) is 4.74 Å². The Bertz CT molecular complexity index is 566. The molecule has 1 aromatic carbocycles. The molecule has 100 valence electrons. The van der Waals surface area contributed by atoms with Gasteiger partial charge in [-0.3, -0.25) is 14.8 Å². The Kier molecular flexibility index (Phi) is 4.41. The van der Waals surface area contributed by atoms with Crippen molar-refractivity contribution in [3.05, 3.63) is 36.2 Å². The van der Waals surface area contributed by atoms with E-state index in [9.17, 15) is 4.79 Å². The normalized spacial score (nSPS) is 12.3. The van der Waals surface area contributed by atoms with Crippen LogP contribution in [0.2, 0.25) is 0 Å². The number of benzene rings is 1. The molecule has 5 heteroatoms. The minimum atomic E-state index is -0.144. The number of nitrogens with zero attached hydrogens (tertiary/aromatic N) is 2. The molecule has 0 aliphatic carbocycles. The molecule has 2 rings (SSSR count). The van der Waals surface area contributed by atoms with Gasteiger partial charge in [0, 0.05) is 19.5 Å². The van der Waals surface area contributed by atoms with E-state index in [0.29, 0.717) is 17.7 Å². The van der Waals surface area contributed by atoms with Gasteiger partial charge in [0.2, 0.25) is 0 Å². The van der Waals surface area contributed by atoms with E-state index >= 15 is 0 Å². The minimum absolute atomic E-state index is 0.00410. The van der Waals surface area contributed by atoms with Crippen LogP contribution in [-0.2, 0) is 4.74 Å². The Morgan fingerprint density at radius 2 is 2.16 bits per heavy atom. The average molecular weight is 259 g/mol. The molecule has 0 spiro atoms. The van der Waals surface area contributed by atoms with Crippen LogP contribution in [0, 0.1) is 0 Å². The van der Waals surface area contributed by atoms with Crippen molar-refractivity contribution in [3.63, 3.8) is 0 Å². The fourth-order valence-corrected chi connectivity index (χ4v) is 1.90. The zero-order valence-electron chi connectivity index (χ0n) is 11.1. The zero-order valence-corrected chi connectivity index (χ0v) is 11.1. The third-order valence-electron chi connectivity index (χ3n) is 2.94. The molecule has 1 heterocycles. The highest BCUT2D eigenvalue weighted by Crippen LogP contribution is 2.13. The summed E-state index contributed by atoms with van der Waals surface area (Å²) in [5, 5.41) is 2.94. The Morgan fingerprint density at radius 3 is 2.89 bits per heavy atom. The smallest absolute Gasteiger partial charge is 0.253 e. The van der Waals surface area contributed by atoms with Crippen LogP contribution in [-0.4, -0.2) is 35.6 Å². The predicted octanol–water partition coefficient (Wildman–Crippen LogP) is 1.78. The van der Waals surface area contributed by atoms with Crippen LogP contribution < -0.4 is 5.32 Å². The maximum atomic E-state index is 12.3. The average Bonchev–Trinajstić information content (AvgIpc) is 2.46. The summed E-state index contributed by atoms with van der Waals surface area (Å²) < 4.78 is 5.08. The van der Waals surface area contributed by atoms with Crippen LogP contribution in [0.1, 0.15) is 23.7 Å². The number of carbonyl (C=O) groups is 1. The van der Waals surface area contributed by atoms with Crippen molar-refractivity contribution in [1.82, 2.24) is 15.3 Å². The lowest BCUT2D eigenvalue weighted by atomic mass is 10.1. The van der Waals surface area contributed by atoms with Gasteiger partial charge in [-0.15, -0.1) is 0 Å². The first kappa shape index (κ1) is 13.4. The highest BCUT2D eigenvalue weighted by Gasteiger charge is 2.15. The van der Waals surface area contributed by atoms with E-state index < -0.39 is 0 Å². The number of hydrogen-bond donors (Lipinski definition) is 1. The SMILES string of the molecule is CCC(COC)NC(=O)c1cccc2nccnc12. The molecule has 1 amide bonds. The molecule has 1 atom stereocenters. The van der Waals surface area contributed by atoms with Gasteiger partial charge < -0.3 is 10.1 Å². The molecule has 1 N–H and O–H groups in total. The molecule has 0 saturated heterocycles. The van der Waals surface area contributed by atoms with Crippen LogP contribution >= 0.6 is 0 Å².